The standard InChI is InChI=1S/C17H24N4O5/c1-16(2,3)26-15(23)20-5-6-25-17(9-20)10-21(11-17)14(22)13-18-7-12(24-4)8-19-13/h7-8H,5-6,9-11H2,1-4H3. The zero-order valence-electron chi connectivity index (χ0n) is 15.5. The van der Waals surface area contributed by atoms with E-state index in [1.807, 2.05) is 20.8 Å². The summed E-state index contributed by atoms with van der Waals surface area (Å²) in [7, 11) is 1.51. The van der Waals surface area contributed by atoms with Crippen molar-refractivity contribution in [2.75, 3.05) is 39.9 Å². The molecule has 26 heavy (non-hydrogen) atoms. The van der Waals surface area contributed by atoms with Crippen molar-refractivity contribution in [3.05, 3.63) is 18.2 Å². The Kier molecular flexibility index (Phi) is 4.74. The van der Waals surface area contributed by atoms with E-state index in [1.165, 1.54) is 19.5 Å². The lowest BCUT2D eigenvalue weighted by atomic mass is 9.91. The summed E-state index contributed by atoms with van der Waals surface area (Å²) in [6, 6.07) is 0. The summed E-state index contributed by atoms with van der Waals surface area (Å²) >= 11 is 0. The Bertz CT molecular complexity index is 679. The predicted molar refractivity (Wildman–Crippen MR) is 91.0 cm³/mol. The van der Waals surface area contributed by atoms with Gasteiger partial charge >= 0.3 is 6.09 Å². The number of carbonyl (C=O) groups excluding carboxylic acids is 2. The van der Waals surface area contributed by atoms with Crippen molar-refractivity contribution < 1.29 is 23.8 Å². The predicted octanol–water partition coefficient (Wildman–Crippen LogP) is 0.947. The Morgan fingerprint density at radius 3 is 2.35 bits per heavy atom. The number of rotatable bonds is 2. The quantitative estimate of drug-likeness (QED) is 0.771. The van der Waals surface area contributed by atoms with Crippen LogP contribution in [0.1, 0.15) is 31.4 Å². The van der Waals surface area contributed by atoms with E-state index in [0.717, 1.165) is 0 Å². The number of hydrogen-bond donors (Lipinski definition) is 0. The van der Waals surface area contributed by atoms with E-state index in [1.54, 1.807) is 9.80 Å². The molecular formula is C17H24N4O5. The van der Waals surface area contributed by atoms with Crippen LogP contribution in [-0.4, -0.2) is 82.9 Å². The molecule has 0 radical (unpaired) electrons. The molecule has 142 valence electrons. The summed E-state index contributed by atoms with van der Waals surface area (Å²) < 4.78 is 16.3. The van der Waals surface area contributed by atoms with E-state index in [2.05, 4.69) is 9.97 Å². The third kappa shape index (κ3) is 3.87. The van der Waals surface area contributed by atoms with Crippen LogP contribution in [0.3, 0.4) is 0 Å². The van der Waals surface area contributed by atoms with Crippen LogP contribution < -0.4 is 4.74 Å². The lowest BCUT2D eigenvalue weighted by Crippen LogP contribution is -2.71. The van der Waals surface area contributed by atoms with Gasteiger partial charge in [-0.2, -0.15) is 0 Å². The third-order valence-electron chi connectivity index (χ3n) is 4.20. The molecule has 1 spiro atoms. The van der Waals surface area contributed by atoms with Gasteiger partial charge in [-0.05, 0) is 20.8 Å². The molecule has 9 nitrogen and oxygen atoms in total. The van der Waals surface area contributed by atoms with Gasteiger partial charge in [-0.1, -0.05) is 0 Å². The summed E-state index contributed by atoms with van der Waals surface area (Å²) in [5, 5.41) is 0. The highest BCUT2D eigenvalue weighted by Crippen LogP contribution is 2.30. The van der Waals surface area contributed by atoms with E-state index in [4.69, 9.17) is 14.2 Å². The second-order valence-corrected chi connectivity index (χ2v) is 7.54. The molecule has 2 aliphatic heterocycles. The zero-order valence-corrected chi connectivity index (χ0v) is 15.5. The van der Waals surface area contributed by atoms with E-state index < -0.39 is 11.2 Å². The van der Waals surface area contributed by atoms with Crippen molar-refractivity contribution in [3.8, 4) is 5.75 Å². The molecule has 1 aromatic heterocycles. The minimum atomic E-state index is -0.546. The van der Waals surface area contributed by atoms with Gasteiger partial charge in [0.2, 0.25) is 5.82 Å². The number of hydrogen-bond acceptors (Lipinski definition) is 7. The van der Waals surface area contributed by atoms with Gasteiger partial charge in [0, 0.05) is 6.54 Å². The summed E-state index contributed by atoms with van der Waals surface area (Å²) in [4.78, 5) is 36.0. The molecule has 0 N–H and O–H groups in total. The Morgan fingerprint density at radius 2 is 1.77 bits per heavy atom. The number of methoxy groups -OCH3 is 1. The first-order valence-electron chi connectivity index (χ1n) is 8.49. The fraction of sp³-hybridized carbons (Fsp3) is 0.647. The lowest BCUT2D eigenvalue weighted by molar-refractivity contribution is -0.168. The number of ether oxygens (including phenoxy) is 3. The van der Waals surface area contributed by atoms with Crippen LogP contribution in [-0.2, 0) is 9.47 Å². The van der Waals surface area contributed by atoms with Crippen molar-refractivity contribution in [1.82, 2.24) is 19.8 Å². The highest BCUT2D eigenvalue weighted by atomic mass is 16.6. The number of nitrogens with zero attached hydrogens (tertiary/aromatic N) is 4. The zero-order chi connectivity index (χ0) is 18.9. The average molecular weight is 364 g/mol. The molecule has 0 unspecified atom stereocenters. The maximum atomic E-state index is 12.5. The average Bonchev–Trinajstić information content (AvgIpc) is 2.57. The topological polar surface area (TPSA) is 94.1 Å². The molecule has 0 saturated carbocycles. The fourth-order valence-electron chi connectivity index (χ4n) is 2.98. The largest absolute Gasteiger partial charge is 0.494 e. The van der Waals surface area contributed by atoms with Gasteiger partial charge in [0.1, 0.15) is 11.2 Å². The van der Waals surface area contributed by atoms with E-state index in [-0.39, 0.29) is 17.8 Å². The van der Waals surface area contributed by atoms with Gasteiger partial charge < -0.3 is 24.0 Å². The Hall–Kier alpha value is -2.42. The van der Waals surface area contributed by atoms with E-state index in [9.17, 15) is 9.59 Å². The van der Waals surface area contributed by atoms with Crippen molar-refractivity contribution in [1.29, 1.82) is 0 Å². The van der Waals surface area contributed by atoms with Gasteiger partial charge in [-0.25, -0.2) is 14.8 Å². The van der Waals surface area contributed by atoms with Gasteiger partial charge in [0.25, 0.3) is 5.91 Å². The van der Waals surface area contributed by atoms with Gasteiger partial charge in [0.15, 0.2) is 5.75 Å². The molecule has 0 atom stereocenters. The molecule has 2 saturated heterocycles. The summed E-state index contributed by atoms with van der Waals surface area (Å²) in [5.74, 6) is 0.335. The number of morpholine rings is 1. The monoisotopic (exact) mass is 364 g/mol. The Morgan fingerprint density at radius 1 is 1.15 bits per heavy atom. The summed E-state index contributed by atoms with van der Waals surface area (Å²) in [6.45, 7) is 7.57. The number of amides is 2. The highest BCUT2D eigenvalue weighted by molar-refractivity contribution is 5.91. The molecule has 3 rings (SSSR count). The van der Waals surface area contributed by atoms with Gasteiger partial charge in [-0.15, -0.1) is 0 Å². The third-order valence-corrected chi connectivity index (χ3v) is 4.20. The van der Waals surface area contributed by atoms with Crippen LogP contribution in [0.5, 0.6) is 5.75 Å². The molecule has 0 aromatic carbocycles. The maximum absolute atomic E-state index is 12.5. The van der Waals surface area contributed by atoms with Crippen molar-refractivity contribution in [2.24, 2.45) is 0 Å². The van der Waals surface area contributed by atoms with Crippen LogP contribution in [0.15, 0.2) is 12.4 Å². The van der Waals surface area contributed by atoms with Crippen molar-refractivity contribution in [3.63, 3.8) is 0 Å². The summed E-state index contributed by atoms with van der Waals surface area (Å²) in [5.41, 5.74) is -1.09. The van der Waals surface area contributed by atoms with Crippen molar-refractivity contribution in [2.45, 2.75) is 32.0 Å². The highest BCUT2D eigenvalue weighted by Gasteiger charge is 2.50. The first-order valence-corrected chi connectivity index (χ1v) is 8.49. The Labute approximate surface area is 152 Å². The van der Waals surface area contributed by atoms with Crippen LogP contribution in [0, 0.1) is 0 Å². The van der Waals surface area contributed by atoms with Crippen LogP contribution >= 0.6 is 0 Å². The molecule has 3 heterocycles. The molecule has 0 aliphatic carbocycles. The van der Waals surface area contributed by atoms with Crippen molar-refractivity contribution >= 4 is 12.0 Å². The maximum Gasteiger partial charge on any atom is 0.410 e. The van der Waals surface area contributed by atoms with E-state index >= 15 is 0 Å². The molecule has 9 heteroatoms. The Balaban J connectivity index is 1.58. The molecule has 2 aliphatic rings. The second kappa shape index (κ2) is 6.71. The summed E-state index contributed by atoms with van der Waals surface area (Å²) in [6.07, 6.45) is 2.55. The fourth-order valence-corrected chi connectivity index (χ4v) is 2.98. The number of carbonyl (C=O) groups is 2. The lowest BCUT2D eigenvalue weighted by Gasteiger charge is -2.53. The minimum Gasteiger partial charge on any atom is -0.494 e. The first-order chi connectivity index (χ1) is 12.2. The first kappa shape index (κ1) is 18.4. The molecule has 2 amide bonds. The van der Waals surface area contributed by atoms with E-state index in [0.29, 0.717) is 38.5 Å². The SMILES string of the molecule is COc1cnc(C(=O)N2CC3(CN(C(=O)OC(C)(C)C)CCO3)C2)nc1. The molecule has 1 aromatic rings. The van der Waals surface area contributed by atoms with Gasteiger partial charge in [-0.3, -0.25) is 4.79 Å². The normalized spacial score (nSPS) is 19.1. The minimum absolute atomic E-state index is 0.112. The van der Waals surface area contributed by atoms with Crippen LogP contribution in [0.4, 0.5) is 4.79 Å². The number of aromatic nitrogens is 2. The molecular weight excluding hydrogens is 340 g/mol. The smallest absolute Gasteiger partial charge is 0.410 e. The number of likely N-dealkylation sites (tertiary alicyclic amines) is 1. The molecule has 0 bridgehead atoms. The van der Waals surface area contributed by atoms with Crippen LogP contribution in [0.2, 0.25) is 0 Å². The van der Waals surface area contributed by atoms with Crippen LogP contribution in [0.25, 0.3) is 0 Å². The second-order valence-electron chi connectivity index (χ2n) is 7.54. The molecule has 2 fully saturated rings. The van der Waals surface area contributed by atoms with Gasteiger partial charge in [0.05, 0.1) is 45.7 Å².